The quantitative estimate of drug-likeness (QED) is 0.159. The van der Waals surface area contributed by atoms with E-state index in [1.807, 2.05) is 4.72 Å². The lowest BCUT2D eigenvalue weighted by Crippen LogP contribution is -2.55. The number of hydrogen-bond acceptors (Lipinski definition) is 11. The van der Waals surface area contributed by atoms with Gasteiger partial charge in [-0.05, 0) is 40.2 Å². The highest BCUT2D eigenvalue weighted by atomic mass is 79.9. The molecule has 3 aromatic rings. The SMILES string of the molecule is COc1cc2c(Nc3ccc(Br)c(Cl)c3)ncnc2cc1O[C@@H](CO)[C@@H](O)[C@H](O)[C@H](CO)NS(C)(=O)=O.O. The molecule has 0 fully saturated rings. The highest BCUT2D eigenvalue weighted by Gasteiger charge is 2.35. The van der Waals surface area contributed by atoms with Gasteiger partial charge in [-0.2, -0.15) is 0 Å². The third-order valence-electron chi connectivity index (χ3n) is 5.27. The number of anilines is 2. The third kappa shape index (κ3) is 7.84. The first kappa shape index (κ1) is 31.9. The standard InChI is InChI=1S/C22H26BrClN4O8S.H2O/c1-35-17-6-12-15(25-10-26-22(12)27-11-3-4-13(23)14(24)5-11)7-18(17)36-19(9-30)21(32)20(31)16(8-29)28-37(2,33)34;/h3-7,10,16,19-21,28-32H,8-9H2,1-2H3,(H,25,26,27);1H2/t16-,19-,20+,21+;/m0./s1. The van der Waals surface area contributed by atoms with Crippen LogP contribution in [0.4, 0.5) is 11.5 Å². The van der Waals surface area contributed by atoms with Crippen LogP contribution in [0.15, 0.2) is 41.1 Å². The Balaban J connectivity index is 0.00000507. The summed E-state index contributed by atoms with van der Waals surface area (Å²) in [6.07, 6.45) is -2.85. The van der Waals surface area contributed by atoms with Crippen molar-refractivity contribution in [3.05, 3.63) is 46.2 Å². The maximum Gasteiger partial charge on any atom is 0.209 e. The van der Waals surface area contributed by atoms with Gasteiger partial charge in [0.15, 0.2) is 17.6 Å². The van der Waals surface area contributed by atoms with Crippen LogP contribution >= 0.6 is 27.5 Å². The van der Waals surface area contributed by atoms with Crippen molar-refractivity contribution >= 4 is 60.0 Å². The predicted molar refractivity (Wildman–Crippen MR) is 145 cm³/mol. The Kier molecular flexibility index (Phi) is 11.4. The molecule has 0 radical (unpaired) electrons. The molecule has 0 saturated carbocycles. The Morgan fingerprint density at radius 1 is 1.08 bits per heavy atom. The minimum Gasteiger partial charge on any atom is -0.493 e. The van der Waals surface area contributed by atoms with E-state index in [-0.39, 0.29) is 17.0 Å². The average molecular weight is 640 g/mol. The highest BCUT2D eigenvalue weighted by Crippen LogP contribution is 2.36. The van der Waals surface area contributed by atoms with Crippen LogP contribution in [-0.2, 0) is 10.0 Å². The molecule has 0 aliphatic rings. The molecular formula is C22H28BrClN4O9S. The molecule has 0 aliphatic carbocycles. The number of benzene rings is 2. The third-order valence-corrected chi connectivity index (χ3v) is 7.23. The van der Waals surface area contributed by atoms with Crippen molar-refractivity contribution in [3.8, 4) is 11.5 Å². The van der Waals surface area contributed by atoms with E-state index in [1.165, 1.54) is 19.5 Å². The molecule has 4 atom stereocenters. The van der Waals surface area contributed by atoms with Crippen molar-refractivity contribution < 1.29 is 43.8 Å². The summed E-state index contributed by atoms with van der Waals surface area (Å²) < 4.78 is 36.9. The van der Waals surface area contributed by atoms with Crippen molar-refractivity contribution in [1.82, 2.24) is 14.7 Å². The van der Waals surface area contributed by atoms with E-state index < -0.39 is 47.6 Å². The fraction of sp³-hybridized carbons (Fsp3) is 0.364. The van der Waals surface area contributed by atoms with Gasteiger partial charge < -0.3 is 40.7 Å². The maximum absolute atomic E-state index is 11.5. The van der Waals surface area contributed by atoms with E-state index in [9.17, 15) is 28.8 Å². The zero-order valence-corrected chi connectivity index (χ0v) is 23.3. The monoisotopic (exact) mass is 638 g/mol. The summed E-state index contributed by atoms with van der Waals surface area (Å²) in [5, 5.41) is 44.5. The van der Waals surface area contributed by atoms with Crippen LogP contribution in [0.5, 0.6) is 11.5 Å². The van der Waals surface area contributed by atoms with Gasteiger partial charge in [0, 0.05) is 21.6 Å². The molecule has 0 aliphatic heterocycles. The van der Waals surface area contributed by atoms with E-state index in [0.29, 0.717) is 27.4 Å². The summed E-state index contributed by atoms with van der Waals surface area (Å²) in [5.74, 6) is 0.723. The number of ether oxygens (including phenoxy) is 2. The molecule has 0 spiro atoms. The molecule has 1 heterocycles. The second-order valence-electron chi connectivity index (χ2n) is 8.00. The Bertz CT molecular complexity index is 1350. The van der Waals surface area contributed by atoms with Gasteiger partial charge in [0.1, 0.15) is 24.4 Å². The molecular weight excluding hydrogens is 612 g/mol. The second kappa shape index (κ2) is 13.6. The van der Waals surface area contributed by atoms with Crippen molar-refractivity contribution in [3.63, 3.8) is 0 Å². The molecule has 2 aromatic carbocycles. The molecule has 0 unspecified atom stereocenters. The number of halogens is 2. The number of aliphatic hydroxyl groups excluding tert-OH is 4. The Morgan fingerprint density at radius 3 is 2.37 bits per heavy atom. The molecule has 38 heavy (non-hydrogen) atoms. The summed E-state index contributed by atoms with van der Waals surface area (Å²) in [4.78, 5) is 8.52. The molecule has 0 saturated heterocycles. The van der Waals surface area contributed by atoms with E-state index in [4.69, 9.17) is 21.1 Å². The summed E-state index contributed by atoms with van der Waals surface area (Å²) in [6.45, 7) is -1.56. The largest absolute Gasteiger partial charge is 0.493 e. The predicted octanol–water partition coefficient (Wildman–Crippen LogP) is 0.345. The van der Waals surface area contributed by atoms with Gasteiger partial charge in [0.25, 0.3) is 0 Å². The Labute approximate surface area is 231 Å². The zero-order chi connectivity index (χ0) is 27.3. The fourth-order valence-electron chi connectivity index (χ4n) is 3.45. The average Bonchev–Trinajstić information content (AvgIpc) is 2.86. The number of nitrogens with one attached hydrogen (secondary N) is 2. The lowest BCUT2D eigenvalue weighted by atomic mass is 10.0. The number of aliphatic hydroxyl groups is 4. The molecule has 0 amide bonds. The number of methoxy groups -OCH3 is 1. The fourth-order valence-corrected chi connectivity index (χ4v) is 4.64. The first-order valence-corrected chi connectivity index (χ1v) is 13.8. The molecule has 3 rings (SSSR count). The summed E-state index contributed by atoms with van der Waals surface area (Å²) in [5.41, 5.74) is 1.10. The topological polar surface area (TPSA) is 215 Å². The minimum absolute atomic E-state index is 0. The van der Waals surface area contributed by atoms with Crippen LogP contribution in [0, 0.1) is 0 Å². The number of nitrogens with zero attached hydrogens (tertiary/aromatic N) is 2. The molecule has 210 valence electrons. The lowest BCUT2D eigenvalue weighted by Gasteiger charge is -2.30. The van der Waals surface area contributed by atoms with Crippen LogP contribution < -0.4 is 19.5 Å². The summed E-state index contributed by atoms with van der Waals surface area (Å²) in [6, 6.07) is 6.94. The Morgan fingerprint density at radius 2 is 1.79 bits per heavy atom. The van der Waals surface area contributed by atoms with Gasteiger partial charge in [-0.1, -0.05) is 11.6 Å². The number of aromatic nitrogens is 2. The van der Waals surface area contributed by atoms with Crippen LogP contribution in [-0.4, -0.2) is 95.2 Å². The van der Waals surface area contributed by atoms with Gasteiger partial charge in [-0.15, -0.1) is 0 Å². The van der Waals surface area contributed by atoms with Crippen LogP contribution in [0.3, 0.4) is 0 Å². The normalized spacial score (nSPS) is 14.7. The number of rotatable bonds is 12. The van der Waals surface area contributed by atoms with Gasteiger partial charge >= 0.3 is 0 Å². The van der Waals surface area contributed by atoms with Crippen molar-refractivity contribution in [2.24, 2.45) is 0 Å². The maximum atomic E-state index is 11.5. The van der Waals surface area contributed by atoms with Gasteiger partial charge in [-0.25, -0.2) is 23.1 Å². The van der Waals surface area contributed by atoms with Crippen LogP contribution in [0.1, 0.15) is 0 Å². The van der Waals surface area contributed by atoms with Crippen molar-refractivity contribution in [2.45, 2.75) is 24.4 Å². The molecule has 16 heteroatoms. The number of hydrogen-bond donors (Lipinski definition) is 6. The second-order valence-corrected chi connectivity index (χ2v) is 11.0. The van der Waals surface area contributed by atoms with Crippen LogP contribution in [0.25, 0.3) is 10.9 Å². The van der Waals surface area contributed by atoms with Gasteiger partial charge in [0.2, 0.25) is 10.0 Å². The molecule has 0 bridgehead atoms. The molecule has 8 N–H and O–H groups in total. The lowest BCUT2D eigenvalue weighted by molar-refractivity contribution is -0.0802. The van der Waals surface area contributed by atoms with E-state index in [2.05, 4.69) is 31.2 Å². The van der Waals surface area contributed by atoms with E-state index in [0.717, 1.165) is 10.7 Å². The summed E-state index contributed by atoms with van der Waals surface area (Å²) >= 11 is 9.52. The number of fused-ring (bicyclic) bond motifs is 1. The van der Waals surface area contributed by atoms with E-state index in [1.54, 1.807) is 24.3 Å². The Hall–Kier alpha value is -2.34. The smallest absolute Gasteiger partial charge is 0.209 e. The first-order valence-electron chi connectivity index (χ1n) is 10.7. The first-order chi connectivity index (χ1) is 17.5. The number of sulfonamides is 1. The van der Waals surface area contributed by atoms with Crippen LogP contribution in [0.2, 0.25) is 5.02 Å². The van der Waals surface area contributed by atoms with Crippen molar-refractivity contribution in [2.75, 3.05) is 31.9 Å². The molecule has 13 nitrogen and oxygen atoms in total. The van der Waals surface area contributed by atoms with Crippen molar-refractivity contribution in [1.29, 1.82) is 0 Å². The zero-order valence-electron chi connectivity index (χ0n) is 20.2. The minimum atomic E-state index is -3.81. The van der Waals surface area contributed by atoms with Gasteiger partial charge in [-0.3, -0.25) is 0 Å². The van der Waals surface area contributed by atoms with E-state index >= 15 is 0 Å². The summed E-state index contributed by atoms with van der Waals surface area (Å²) in [7, 11) is -2.42. The highest BCUT2D eigenvalue weighted by molar-refractivity contribution is 9.10. The van der Waals surface area contributed by atoms with Gasteiger partial charge in [0.05, 0.1) is 43.2 Å². The molecule has 1 aromatic heterocycles.